The molecule has 0 saturated carbocycles. The van der Waals surface area contributed by atoms with Crippen molar-refractivity contribution in [3.63, 3.8) is 0 Å². The molecule has 0 atom stereocenters. The molecule has 0 aliphatic heterocycles. The first-order chi connectivity index (χ1) is 8.72. The van der Waals surface area contributed by atoms with E-state index in [1.165, 1.54) is 25.7 Å². The van der Waals surface area contributed by atoms with Crippen LogP contribution in [-0.2, 0) is 0 Å². The Morgan fingerprint density at radius 3 is 2.78 bits per heavy atom. The molecule has 1 N–H and O–H groups in total. The molecule has 0 saturated heterocycles. The normalized spacial score (nSPS) is 9.89. The zero-order chi connectivity index (χ0) is 13.0. The predicted molar refractivity (Wildman–Crippen MR) is 65.8 cm³/mol. The lowest BCUT2D eigenvalue weighted by molar-refractivity contribution is 0.102. The fraction of sp³-hybridized carbons (Fsp3) is 0.0909. The SMILES string of the molecule is COc1ncccc1C(=O)Nc1nccnc1Cl. The first kappa shape index (κ1) is 12.3. The summed E-state index contributed by atoms with van der Waals surface area (Å²) in [6.07, 6.45) is 4.40. The molecule has 6 nitrogen and oxygen atoms in total. The van der Waals surface area contributed by atoms with Crippen molar-refractivity contribution in [3.05, 3.63) is 41.4 Å². The Labute approximate surface area is 108 Å². The molecule has 0 bridgehead atoms. The number of ether oxygens (including phenoxy) is 1. The number of carbonyl (C=O) groups is 1. The van der Waals surface area contributed by atoms with E-state index in [1.807, 2.05) is 0 Å². The van der Waals surface area contributed by atoms with Gasteiger partial charge in [0, 0.05) is 18.6 Å². The van der Waals surface area contributed by atoms with E-state index in [2.05, 4.69) is 20.3 Å². The summed E-state index contributed by atoms with van der Waals surface area (Å²) in [5, 5.41) is 2.66. The average molecular weight is 265 g/mol. The Balaban J connectivity index is 2.25. The molecule has 0 aliphatic rings. The summed E-state index contributed by atoms with van der Waals surface area (Å²) in [6.45, 7) is 0. The van der Waals surface area contributed by atoms with E-state index in [-0.39, 0.29) is 16.9 Å². The number of amides is 1. The Bertz CT molecular complexity index is 576. The summed E-state index contributed by atoms with van der Waals surface area (Å²) < 4.78 is 4.99. The van der Waals surface area contributed by atoms with Crippen molar-refractivity contribution < 1.29 is 9.53 Å². The molecule has 18 heavy (non-hydrogen) atoms. The Kier molecular flexibility index (Phi) is 3.69. The van der Waals surface area contributed by atoms with E-state index in [0.29, 0.717) is 5.56 Å². The number of aromatic nitrogens is 3. The number of methoxy groups -OCH3 is 1. The molecule has 2 aromatic heterocycles. The highest BCUT2D eigenvalue weighted by atomic mass is 35.5. The minimum Gasteiger partial charge on any atom is -0.480 e. The molecular formula is C11H9ClN4O2. The van der Waals surface area contributed by atoms with Crippen LogP contribution in [0.3, 0.4) is 0 Å². The molecule has 2 aromatic rings. The molecule has 0 spiro atoms. The number of nitrogens with zero attached hydrogens (tertiary/aromatic N) is 3. The lowest BCUT2D eigenvalue weighted by Gasteiger charge is -2.07. The lowest BCUT2D eigenvalue weighted by atomic mass is 10.2. The standard InChI is InChI=1S/C11H9ClN4O2/c1-18-11-7(3-2-4-15-11)10(17)16-9-8(12)13-5-6-14-9/h2-6H,1H3,(H,14,16,17). The van der Waals surface area contributed by atoms with Crippen LogP contribution < -0.4 is 10.1 Å². The highest BCUT2D eigenvalue weighted by Crippen LogP contribution is 2.18. The first-order valence-corrected chi connectivity index (χ1v) is 5.37. The van der Waals surface area contributed by atoms with Crippen LogP contribution in [-0.4, -0.2) is 28.0 Å². The molecule has 1 amide bonds. The minimum absolute atomic E-state index is 0.119. The molecule has 7 heteroatoms. The van der Waals surface area contributed by atoms with Gasteiger partial charge in [-0.2, -0.15) is 0 Å². The number of nitrogens with one attached hydrogen (secondary N) is 1. The molecule has 0 radical (unpaired) electrons. The van der Waals surface area contributed by atoms with Crippen molar-refractivity contribution in [2.45, 2.75) is 0 Å². The number of pyridine rings is 1. The van der Waals surface area contributed by atoms with Crippen LogP contribution in [0.15, 0.2) is 30.7 Å². The van der Waals surface area contributed by atoms with Crippen LogP contribution in [0.4, 0.5) is 5.82 Å². The summed E-state index contributed by atoms with van der Waals surface area (Å²) in [5.74, 6) is 0.00688. The summed E-state index contributed by atoms with van der Waals surface area (Å²) in [4.78, 5) is 23.6. The smallest absolute Gasteiger partial charge is 0.262 e. The van der Waals surface area contributed by atoms with Gasteiger partial charge in [-0.15, -0.1) is 0 Å². The molecular weight excluding hydrogens is 256 g/mol. The highest BCUT2D eigenvalue weighted by molar-refractivity contribution is 6.32. The number of carbonyl (C=O) groups excluding carboxylic acids is 1. The van der Waals surface area contributed by atoms with Gasteiger partial charge in [-0.1, -0.05) is 11.6 Å². The summed E-state index contributed by atoms with van der Waals surface area (Å²) in [7, 11) is 1.44. The lowest BCUT2D eigenvalue weighted by Crippen LogP contribution is -2.15. The fourth-order valence-electron chi connectivity index (χ4n) is 1.31. The predicted octanol–water partition coefficient (Wildman–Crippen LogP) is 1.79. The van der Waals surface area contributed by atoms with E-state index < -0.39 is 5.91 Å². The summed E-state index contributed by atoms with van der Waals surface area (Å²) in [5.41, 5.74) is 0.293. The van der Waals surface area contributed by atoms with E-state index in [4.69, 9.17) is 16.3 Å². The Morgan fingerprint density at radius 1 is 1.28 bits per heavy atom. The van der Waals surface area contributed by atoms with Gasteiger partial charge in [0.2, 0.25) is 5.88 Å². The topological polar surface area (TPSA) is 77.0 Å². The first-order valence-electron chi connectivity index (χ1n) is 4.99. The molecule has 0 aromatic carbocycles. The Hall–Kier alpha value is -2.21. The van der Waals surface area contributed by atoms with Crippen LogP contribution in [0, 0.1) is 0 Å². The fourth-order valence-corrected chi connectivity index (χ4v) is 1.46. The van der Waals surface area contributed by atoms with Gasteiger partial charge in [0.05, 0.1) is 7.11 Å². The van der Waals surface area contributed by atoms with Crippen molar-refractivity contribution in [3.8, 4) is 5.88 Å². The highest BCUT2D eigenvalue weighted by Gasteiger charge is 2.14. The van der Waals surface area contributed by atoms with Crippen molar-refractivity contribution in [2.24, 2.45) is 0 Å². The number of halogens is 1. The maximum absolute atomic E-state index is 12.0. The van der Waals surface area contributed by atoms with Gasteiger partial charge in [0.15, 0.2) is 11.0 Å². The van der Waals surface area contributed by atoms with E-state index in [1.54, 1.807) is 12.1 Å². The van der Waals surface area contributed by atoms with Gasteiger partial charge < -0.3 is 10.1 Å². The summed E-state index contributed by atoms with van der Waals surface area (Å²) >= 11 is 5.79. The third kappa shape index (κ3) is 2.54. The van der Waals surface area contributed by atoms with Crippen LogP contribution in [0.2, 0.25) is 5.15 Å². The second kappa shape index (κ2) is 5.42. The van der Waals surface area contributed by atoms with Gasteiger partial charge in [-0.05, 0) is 12.1 Å². The van der Waals surface area contributed by atoms with Gasteiger partial charge in [0.25, 0.3) is 5.91 Å². The third-order valence-electron chi connectivity index (χ3n) is 2.09. The van der Waals surface area contributed by atoms with Crippen LogP contribution >= 0.6 is 11.6 Å². The number of hydrogen-bond donors (Lipinski definition) is 1. The molecule has 0 unspecified atom stereocenters. The van der Waals surface area contributed by atoms with Gasteiger partial charge in [0.1, 0.15) is 5.56 Å². The van der Waals surface area contributed by atoms with Crippen molar-refractivity contribution in [2.75, 3.05) is 12.4 Å². The maximum Gasteiger partial charge on any atom is 0.262 e. The molecule has 2 heterocycles. The quantitative estimate of drug-likeness (QED) is 0.914. The zero-order valence-electron chi connectivity index (χ0n) is 9.42. The zero-order valence-corrected chi connectivity index (χ0v) is 10.2. The second-order valence-electron chi connectivity index (χ2n) is 3.21. The van der Waals surface area contributed by atoms with Gasteiger partial charge in [-0.3, -0.25) is 4.79 Å². The van der Waals surface area contributed by atoms with E-state index >= 15 is 0 Å². The number of anilines is 1. The van der Waals surface area contributed by atoms with Crippen molar-refractivity contribution in [1.82, 2.24) is 15.0 Å². The van der Waals surface area contributed by atoms with E-state index in [9.17, 15) is 4.79 Å². The van der Waals surface area contributed by atoms with E-state index in [0.717, 1.165) is 0 Å². The molecule has 2 rings (SSSR count). The van der Waals surface area contributed by atoms with Crippen LogP contribution in [0.25, 0.3) is 0 Å². The number of rotatable bonds is 3. The van der Waals surface area contributed by atoms with Crippen LogP contribution in [0.1, 0.15) is 10.4 Å². The second-order valence-corrected chi connectivity index (χ2v) is 3.57. The third-order valence-corrected chi connectivity index (χ3v) is 2.37. The van der Waals surface area contributed by atoms with Gasteiger partial charge in [-0.25, -0.2) is 15.0 Å². The van der Waals surface area contributed by atoms with Gasteiger partial charge >= 0.3 is 0 Å². The summed E-state index contributed by atoms with van der Waals surface area (Å²) in [6, 6.07) is 3.22. The molecule has 92 valence electrons. The maximum atomic E-state index is 12.0. The monoisotopic (exact) mass is 264 g/mol. The van der Waals surface area contributed by atoms with Crippen LogP contribution in [0.5, 0.6) is 5.88 Å². The Morgan fingerprint density at radius 2 is 2.06 bits per heavy atom. The van der Waals surface area contributed by atoms with Crippen molar-refractivity contribution in [1.29, 1.82) is 0 Å². The molecule has 0 fully saturated rings. The van der Waals surface area contributed by atoms with Crippen molar-refractivity contribution >= 4 is 23.3 Å². The largest absolute Gasteiger partial charge is 0.480 e. The number of hydrogen-bond acceptors (Lipinski definition) is 5. The average Bonchev–Trinajstić information content (AvgIpc) is 2.41. The minimum atomic E-state index is -0.414. The molecule has 0 aliphatic carbocycles.